The molecular weight excluding hydrogens is 489 g/mol. The van der Waals surface area contributed by atoms with E-state index in [9.17, 15) is 4.79 Å². The summed E-state index contributed by atoms with van der Waals surface area (Å²) in [5.74, 6) is -0.453. The minimum atomic E-state index is -0.453. The summed E-state index contributed by atoms with van der Waals surface area (Å²) in [7, 11) is 0. The van der Waals surface area contributed by atoms with E-state index in [0.717, 1.165) is 27.5 Å². The Morgan fingerprint density at radius 3 is 2.47 bits per heavy atom. The molecule has 0 aliphatic rings. The van der Waals surface area contributed by atoms with Crippen molar-refractivity contribution in [1.29, 1.82) is 0 Å². The molecule has 0 spiro atoms. The second kappa shape index (κ2) is 9.02. The largest absolute Gasteiger partial charge is 0.332 e. The predicted octanol–water partition coefficient (Wildman–Crippen LogP) is 6.32. The van der Waals surface area contributed by atoms with Crippen LogP contribution >= 0.6 is 35.4 Å². The highest BCUT2D eigenvalue weighted by molar-refractivity contribution is 7.80. The smallest absolute Gasteiger partial charge is 0.258 e. The van der Waals surface area contributed by atoms with Crippen LogP contribution in [0.25, 0.3) is 27.5 Å². The molecule has 0 unspecified atom stereocenters. The first-order valence-electron chi connectivity index (χ1n) is 10.3. The summed E-state index contributed by atoms with van der Waals surface area (Å²) in [5.41, 5.74) is 4.17. The van der Waals surface area contributed by atoms with E-state index in [-0.39, 0.29) is 15.7 Å². The molecule has 0 bridgehead atoms. The van der Waals surface area contributed by atoms with E-state index in [1.54, 1.807) is 23.0 Å². The molecule has 1 amide bonds. The summed E-state index contributed by atoms with van der Waals surface area (Å²) in [6.45, 7) is 1.93. The van der Waals surface area contributed by atoms with Gasteiger partial charge in [0.05, 0.1) is 21.3 Å². The van der Waals surface area contributed by atoms with E-state index < -0.39 is 5.91 Å². The summed E-state index contributed by atoms with van der Waals surface area (Å²) in [6.07, 6.45) is 0. The third kappa shape index (κ3) is 4.21. The minimum Gasteiger partial charge on any atom is -0.332 e. The van der Waals surface area contributed by atoms with E-state index >= 15 is 0 Å². The van der Waals surface area contributed by atoms with Gasteiger partial charge in [-0.1, -0.05) is 65.7 Å². The van der Waals surface area contributed by atoms with Crippen LogP contribution in [0, 0.1) is 6.92 Å². The fourth-order valence-corrected chi connectivity index (χ4v) is 4.29. The first kappa shape index (κ1) is 22.3. The number of carbonyl (C=O) groups excluding carboxylic acids is 1. The molecule has 168 valence electrons. The SMILES string of the molecule is Cc1cc2nn(-c3cccc4ccccc34)nc2cc1NC(=S)NC(=O)c1cccc(Cl)c1Cl. The number of halogens is 2. The molecule has 5 rings (SSSR count). The molecule has 5 aromatic rings. The van der Waals surface area contributed by atoms with Crippen molar-refractivity contribution >= 4 is 73.9 Å². The lowest BCUT2D eigenvalue weighted by molar-refractivity contribution is 0.0978. The second-order valence-electron chi connectivity index (χ2n) is 7.65. The monoisotopic (exact) mass is 505 g/mol. The van der Waals surface area contributed by atoms with Gasteiger partial charge in [-0.3, -0.25) is 10.1 Å². The highest BCUT2D eigenvalue weighted by atomic mass is 35.5. The van der Waals surface area contributed by atoms with Crippen LogP contribution in [0.2, 0.25) is 10.0 Å². The number of hydrogen-bond acceptors (Lipinski definition) is 4. The molecule has 4 aromatic carbocycles. The fraction of sp³-hybridized carbons (Fsp3) is 0.0400. The quantitative estimate of drug-likeness (QED) is 0.281. The van der Waals surface area contributed by atoms with Gasteiger partial charge in [-0.2, -0.15) is 0 Å². The zero-order valence-electron chi connectivity index (χ0n) is 17.8. The van der Waals surface area contributed by atoms with Gasteiger partial charge >= 0.3 is 0 Å². The van der Waals surface area contributed by atoms with Gasteiger partial charge in [-0.15, -0.1) is 15.0 Å². The van der Waals surface area contributed by atoms with E-state index in [0.29, 0.717) is 16.2 Å². The van der Waals surface area contributed by atoms with Crippen molar-refractivity contribution < 1.29 is 4.79 Å². The van der Waals surface area contributed by atoms with Gasteiger partial charge in [0, 0.05) is 11.1 Å². The third-order valence-corrected chi connectivity index (χ3v) is 6.40. The van der Waals surface area contributed by atoms with Crippen molar-refractivity contribution in [1.82, 2.24) is 20.3 Å². The van der Waals surface area contributed by atoms with Gasteiger partial charge in [0.25, 0.3) is 5.91 Å². The Hall–Kier alpha value is -3.52. The Morgan fingerprint density at radius 1 is 0.941 bits per heavy atom. The number of fused-ring (bicyclic) bond motifs is 2. The Kier molecular flexibility index (Phi) is 5.91. The first-order chi connectivity index (χ1) is 16.4. The van der Waals surface area contributed by atoms with Crippen LogP contribution < -0.4 is 10.6 Å². The molecule has 0 fully saturated rings. The Bertz CT molecular complexity index is 1590. The van der Waals surface area contributed by atoms with Crippen molar-refractivity contribution in [3.8, 4) is 5.69 Å². The number of hydrogen-bond donors (Lipinski definition) is 2. The second-order valence-corrected chi connectivity index (χ2v) is 8.85. The van der Waals surface area contributed by atoms with Crippen molar-refractivity contribution in [3.05, 3.63) is 94.0 Å². The number of amides is 1. The number of carbonyl (C=O) groups is 1. The fourth-order valence-electron chi connectivity index (χ4n) is 3.70. The molecule has 0 saturated carbocycles. The molecule has 6 nitrogen and oxygen atoms in total. The van der Waals surface area contributed by atoms with Crippen molar-refractivity contribution in [3.63, 3.8) is 0 Å². The molecule has 0 radical (unpaired) electrons. The predicted molar refractivity (Wildman–Crippen MR) is 141 cm³/mol. The maximum Gasteiger partial charge on any atom is 0.258 e. The van der Waals surface area contributed by atoms with Gasteiger partial charge < -0.3 is 5.32 Å². The number of nitrogens with zero attached hydrogens (tertiary/aromatic N) is 3. The zero-order chi connectivity index (χ0) is 23.8. The molecule has 0 aliphatic carbocycles. The minimum absolute atomic E-state index is 0.130. The Balaban J connectivity index is 1.41. The van der Waals surface area contributed by atoms with Crippen molar-refractivity contribution in [2.24, 2.45) is 0 Å². The third-order valence-electron chi connectivity index (χ3n) is 5.38. The molecule has 34 heavy (non-hydrogen) atoms. The molecular formula is C25H17Cl2N5OS. The molecule has 9 heteroatoms. The number of nitrogens with one attached hydrogen (secondary N) is 2. The number of benzene rings is 4. The van der Waals surface area contributed by atoms with Crippen molar-refractivity contribution in [2.75, 3.05) is 5.32 Å². The molecule has 0 aliphatic heterocycles. The Morgan fingerprint density at radius 2 is 1.65 bits per heavy atom. The van der Waals surface area contributed by atoms with Gasteiger partial charge in [-0.25, -0.2) is 0 Å². The van der Waals surface area contributed by atoms with Crippen LogP contribution in [-0.4, -0.2) is 26.0 Å². The number of anilines is 1. The standard InChI is InChI=1S/C25H17Cl2N5OS/c1-14-12-20-21(31-32(30-20)22-11-4-7-15-6-2-3-8-16(15)22)13-19(14)28-25(34)29-24(33)17-9-5-10-18(26)23(17)27/h2-13H,1H3,(H2,28,29,33,34). The van der Waals surface area contributed by atoms with Crippen molar-refractivity contribution in [2.45, 2.75) is 6.92 Å². The lowest BCUT2D eigenvalue weighted by Gasteiger charge is -2.12. The van der Waals surface area contributed by atoms with E-state index in [1.807, 2.05) is 49.4 Å². The van der Waals surface area contributed by atoms with Gasteiger partial charge in [-0.05, 0) is 60.4 Å². The van der Waals surface area contributed by atoms with Crippen LogP contribution in [0.3, 0.4) is 0 Å². The number of aryl methyl sites for hydroxylation is 1. The normalized spacial score (nSPS) is 11.0. The molecule has 2 N–H and O–H groups in total. The van der Waals surface area contributed by atoms with Crippen LogP contribution in [0.1, 0.15) is 15.9 Å². The summed E-state index contributed by atoms with van der Waals surface area (Å²) in [6, 6.07) is 22.7. The summed E-state index contributed by atoms with van der Waals surface area (Å²) >= 11 is 17.5. The van der Waals surface area contributed by atoms with Crippen LogP contribution in [0.5, 0.6) is 0 Å². The molecule has 0 atom stereocenters. The average Bonchev–Trinajstić information content (AvgIpc) is 3.23. The lowest BCUT2D eigenvalue weighted by atomic mass is 10.1. The van der Waals surface area contributed by atoms with Crippen LogP contribution in [0.4, 0.5) is 5.69 Å². The average molecular weight is 506 g/mol. The highest BCUT2D eigenvalue weighted by Gasteiger charge is 2.15. The molecule has 1 heterocycles. The summed E-state index contributed by atoms with van der Waals surface area (Å²) in [4.78, 5) is 14.2. The van der Waals surface area contributed by atoms with E-state index in [2.05, 4.69) is 33.0 Å². The summed E-state index contributed by atoms with van der Waals surface area (Å²) < 4.78 is 0. The lowest BCUT2D eigenvalue weighted by Crippen LogP contribution is -2.34. The van der Waals surface area contributed by atoms with E-state index in [4.69, 9.17) is 35.4 Å². The number of thiocarbonyl (C=S) groups is 1. The van der Waals surface area contributed by atoms with Crippen LogP contribution in [-0.2, 0) is 0 Å². The molecule has 1 aromatic heterocycles. The molecule has 0 saturated heterocycles. The van der Waals surface area contributed by atoms with Crippen LogP contribution in [0.15, 0.2) is 72.8 Å². The maximum absolute atomic E-state index is 12.6. The number of rotatable bonds is 3. The Labute approximate surface area is 210 Å². The maximum atomic E-state index is 12.6. The van der Waals surface area contributed by atoms with Gasteiger partial charge in [0.15, 0.2) is 5.11 Å². The summed E-state index contributed by atoms with van der Waals surface area (Å²) in [5, 5.41) is 17.8. The first-order valence-corrected chi connectivity index (χ1v) is 11.5. The topological polar surface area (TPSA) is 71.8 Å². The van der Waals surface area contributed by atoms with E-state index in [1.165, 1.54) is 0 Å². The van der Waals surface area contributed by atoms with Gasteiger partial charge in [0.1, 0.15) is 11.0 Å². The highest BCUT2D eigenvalue weighted by Crippen LogP contribution is 2.27. The zero-order valence-corrected chi connectivity index (χ0v) is 20.2. The number of aromatic nitrogens is 3. The van der Waals surface area contributed by atoms with Gasteiger partial charge in [0.2, 0.25) is 0 Å².